The Kier molecular flexibility index (Phi) is 2.47. The number of H-pyrrole nitrogens is 1. The summed E-state index contributed by atoms with van der Waals surface area (Å²) in [5, 5.41) is 1.77. The molecule has 108 valence electrons. The van der Waals surface area contributed by atoms with Gasteiger partial charge in [0.15, 0.2) is 5.95 Å². The molecule has 4 rings (SSSR count). The molecule has 0 aliphatic rings. The van der Waals surface area contributed by atoms with Crippen LogP contribution in [0.1, 0.15) is 0 Å². The largest absolute Gasteiger partial charge is 0.399 e. The van der Waals surface area contributed by atoms with E-state index in [1.54, 1.807) is 6.20 Å². The fourth-order valence-corrected chi connectivity index (χ4v) is 2.83. The molecule has 2 heterocycles. The van der Waals surface area contributed by atoms with Crippen molar-refractivity contribution in [3.63, 3.8) is 0 Å². The van der Waals surface area contributed by atoms with E-state index in [4.69, 9.17) is 17.2 Å². The topological polar surface area (TPSA) is 120 Å². The summed E-state index contributed by atoms with van der Waals surface area (Å²) >= 11 is 0. The fourth-order valence-electron chi connectivity index (χ4n) is 2.83. The number of nitrogens with zero attached hydrogens (tertiary/aromatic N) is 2. The maximum absolute atomic E-state index is 6.04. The van der Waals surface area contributed by atoms with Gasteiger partial charge in [-0.15, -0.1) is 0 Å². The summed E-state index contributed by atoms with van der Waals surface area (Å²) in [5.41, 5.74) is 22.1. The predicted octanol–water partition coefficient (Wildman–Crippen LogP) is 2.52. The van der Waals surface area contributed by atoms with Crippen molar-refractivity contribution in [2.24, 2.45) is 0 Å². The van der Waals surface area contributed by atoms with Crippen LogP contribution in [0.4, 0.5) is 17.5 Å². The van der Waals surface area contributed by atoms with E-state index in [2.05, 4.69) is 15.0 Å². The third-order valence-electron chi connectivity index (χ3n) is 3.74. The number of nitrogens with one attached hydrogen (secondary N) is 1. The average Bonchev–Trinajstić information content (AvgIpc) is 2.94. The van der Waals surface area contributed by atoms with E-state index in [0.29, 0.717) is 11.5 Å². The van der Waals surface area contributed by atoms with Crippen LogP contribution >= 0.6 is 0 Å². The first-order valence-corrected chi connectivity index (χ1v) is 6.82. The highest BCUT2D eigenvalue weighted by atomic mass is 15.0. The SMILES string of the molecule is Nc1cccc(-c2cc3[nH]c(N)nc(N)c3c3ccnc23)c1. The van der Waals surface area contributed by atoms with Crippen LogP contribution < -0.4 is 17.2 Å². The molecule has 6 heteroatoms. The molecule has 0 amide bonds. The molecule has 4 aromatic rings. The van der Waals surface area contributed by atoms with Gasteiger partial charge in [-0.05, 0) is 29.8 Å². The number of hydrogen-bond acceptors (Lipinski definition) is 5. The first-order chi connectivity index (χ1) is 10.6. The van der Waals surface area contributed by atoms with Gasteiger partial charge in [0.1, 0.15) is 5.82 Å². The highest BCUT2D eigenvalue weighted by Gasteiger charge is 2.14. The number of rotatable bonds is 1. The Bertz CT molecular complexity index is 1020. The number of nitrogens with two attached hydrogens (primary N) is 3. The average molecular weight is 290 g/mol. The lowest BCUT2D eigenvalue weighted by molar-refractivity contribution is 1.25. The van der Waals surface area contributed by atoms with Crippen molar-refractivity contribution in [3.05, 3.63) is 42.6 Å². The smallest absolute Gasteiger partial charge is 0.199 e. The molecule has 0 aliphatic carbocycles. The molecular weight excluding hydrogens is 276 g/mol. The van der Waals surface area contributed by atoms with Gasteiger partial charge in [-0.3, -0.25) is 4.98 Å². The monoisotopic (exact) mass is 290 g/mol. The maximum atomic E-state index is 6.04. The second-order valence-corrected chi connectivity index (χ2v) is 5.19. The van der Waals surface area contributed by atoms with Crippen molar-refractivity contribution in [2.75, 3.05) is 17.2 Å². The molecule has 0 spiro atoms. The molecule has 0 unspecified atom stereocenters. The number of aromatic nitrogens is 3. The van der Waals surface area contributed by atoms with E-state index < -0.39 is 0 Å². The zero-order valence-electron chi connectivity index (χ0n) is 11.7. The van der Waals surface area contributed by atoms with Crippen LogP contribution in [0.25, 0.3) is 32.9 Å². The Balaban J connectivity index is 2.16. The quantitative estimate of drug-likeness (QED) is 0.401. The zero-order valence-corrected chi connectivity index (χ0v) is 11.7. The Labute approximate surface area is 126 Å². The van der Waals surface area contributed by atoms with Crippen LogP contribution in [-0.2, 0) is 0 Å². The lowest BCUT2D eigenvalue weighted by Gasteiger charge is -2.10. The number of aromatic amines is 1. The number of benzene rings is 2. The standard InChI is InChI=1S/C16H14N6/c17-9-3-1-2-8(6-9)11-7-12-13(10-4-5-20-14(10)11)15(18)22-16(19)21-12/h1-7H,17-18H2,(H3,19,21,22). The van der Waals surface area contributed by atoms with E-state index in [1.807, 2.05) is 36.4 Å². The fraction of sp³-hybridized carbons (Fsp3) is 0. The molecule has 6 nitrogen and oxygen atoms in total. The summed E-state index contributed by atoms with van der Waals surface area (Å²) in [6.45, 7) is 0. The Hall–Kier alpha value is -3.28. The highest BCUT2D eigenvalue weighted by Crippen LogP contribution is 2.36. The van der Waals surface area contributed by atoms with Gasteiger partial charge in [0.25, 0.3) is 0 Å². The number of hydrogen-bond donors (Lipinski definition) is 4. The summed E-state index contributed by atoms with van der Waals surface area (Å²) in [5.74, 6) is 0.672. The molecule has 0 radical (unpaired) electrons. The molecule has 2 aromatic heterocycles. The van der Waals surface area contributed by atoms with Crippen LogP contribution in [0.15, 0.2) is 42.6 Å². The van der Waals surface area contributed by atoms with Gasteiger partial charge in [-0.2, -0.15) is 4.98 Å². The van der Waals surface area contributed by atoms with Gasteiger partial charge in [0.2, 0.25) is 0 Å². The zero-order chi connectivity index (χ0) is 15.3. The Morgan fingerprint density at radius 3 is 2.68 bits per heavy atom. The van der Waals surface area contributed by atoms with Crippen LogP contribution in [-0.4, -0.2) is 15.0 Å². The molecule has 0 atom stereocenters. The number of fused-ring (bicyclic) bond motifs is 3. The van der Waals surface area contributed by atoms with Gasteiger partial charge >= 0.3 is 0 Å². The molecule has 22 heavy (non-hydrogen) atoms. The van der Waals surface area contributed by atoms with Gasteiger partial charge in [-0.1, -0.05) is 12.1 Å². The predicted molar refractivity (Wildman–Crippen MR) is 90.1 cm³/mol. The van der Waals surface area contributed by atoms with Crippen molar-refractivity contribution in [2.45, 2.75) is 0 Å². The molecule has 0 saturated heterocycles. The summed E-state index contributed by atoms with van der Waals surface area (Å²) in [7, 11) is 0. The number of anilines is 3. The van der Waals surface area contributed by atoms with E-state index in [1.165, 1.54) is 0 Å². The molecule has 0 aliphatic heterocycles. The Morgan fingerprint density at radius 2 is 1.86 bits per heavy atom. The van der Waals surface area contributed by atoms with Crippen molar-refractivity contribution in [1.29, 1.82) is 0 Å². The summed E-state index contributed by atoms with van der Waals surface area (Å²) in [6.07, 6.45) is 1.76. The first kappa shape index (κ1) is 12.5. The first-order valence-electron chi connectivity index (χ1n) is 6.82. The van der Waals surface area contributed by atoms with Crippen LogP contribution in [0, 0.1) is 0 Å². The normalized spacial score (nSPS) is 11.3. The second kappa shape index (κ2) is 4.36. The van der Waals surface area contributed by atoms with Gasteiger partial charge in [0, 0.05) is 28.2 Å². The maximum Gasteiger partial charge on any atom is 0.199 e. The Morgan fingerprint density at radius 1 is 1.00 bits per heavy atom. The van der Waals surface area contributed by atoms with E-state index in [0.717, 1.165) is 32.9 Å². The molecule has 0 bridgehead atoms. The number of nitrogen functional groups attached to an aromatic ring is 3. The highest BCUT2D eigenvalue weighted by molar-refractivity contribution is 6.15. The van der Waals surface area contributed by atoms with Gasteiger partial charge in [-0.25, -0.2) is 0 Å². The van der Waals surface area contributed by atoms with E-state index in [-0.39, 0.29) is 5.95 Å². The van der Waals surface area contributed by atoms with Gasteiger partial charge in [0.05, 0.1) is 11.0 Å². The van der Waals surface area contributed by atoms with Crippen LogP contribution in [0.5, 0.6) is 0 Å². The lowest BCUT2D eigenvalue weighted by atomic mass is 9.99. The van der Waals surface area contributed by atoms with Gasteiger partial charge < -0.3 is 22.2 Å². The van der Waals surface area contributed by atoms with E-state index >= 15 is 0 Å². The second-order valence-electron chi connectivity index (χ2n) is 5.19. The molecule has 0 fully saturated rings. The summed E-state index contributed by atoms with van der Waals surface area (Å²) in [4.78, 5) is 11.6. The van der Waals surface area contributed by atoms with E-state index in [9.17, 15) is 0 Å². The lowest BCUT2D eigenvalue weighted by Crippen LogP contribution is -2.01. The molecular formula is C16H14N6. The molecule has 0 saturated carbocycles. The van der Waals surface area contributed by atoms with Crippen molar-refractivity contribution >= 4 is 39.3 Å². The minimum absolute atomic E-state index is 0.280. The summed E-state index contributed by atoms with van der Waals surface area (Å²) in [6, 6.07) is 11.6. The molecule has 7 N–H and O–H groups in total. The summed E-state index contributed by atoms with van der Waals surface area (Å²) < 4.78 is 0. The van der Waals surface area contributed by atoms with Crippen LogP contribution in [0.2, 0.25) is 0 Å². The molecule has 2 aromatic carbocycles. The van der Waals surface area contributed by atoms with Crippen molar-refractivity contribution in [1.82, 2.24) is 15.0 Å². The third kappa shape index (κ3) is 1.74. The van der Waals surface area contributed by atoms with Crippen molar-refractivity contribution in [3.8, 4) is 11.1 Å². The minimum atomic E-state index is 0.280. The minimum Gasteiger partial charge on any atom is -0.399 e. The van der Waals surface area contributed by atoms with Crippen LogP contribution in [0.3, 0.4) is 0 Å². The van der Waals surface area contributed by atoms with Crippen molar-refractivity contribution < 1.29 is 0 Å². The third-order valence-corrected chi connectivity index (χ3v) is 3.74.